The van der Waals surface area contributed by atoms with Gasteiger partial charge < -0.3 is 4.72 Å². The molecular weight excluding hydrogens is 71.7 g/mol. The lowest BCUT2D eigenvalue weighted by Gasteiger charge is -2.13. The molecule has 0 saturated carbocycles. The van der Waals surface area contributed by atoms with E-state index in [4.69, 9.17) is 16.0 Å². The summed E-state index contributed by atoms with van der Waals surface area (Å²) in [6.45, 7) is 3.83. The van der Waals surface area contributed by atoms with Crippen molar-refractivity contribution in [1.29, 1.82) is 0 Å². The number of rotatable bonds is 1. The average molecular weight is 78.7 g/mol. The van der Waals surface area contributed by atoms with E-state index in [1.165, 1.54) is 4.72 Å². The molecule has 0 aliphatic carbocycles. The van der Waals surface area contributed by atoms with Crippen LogP contribution in [0, 0.1) is 0 Å². The lowest BCUT2D eigenvalue weighted by atomic mass is 10.1. The molecule has 4 radical (unpaired) electrons. The van der Waals surface area contributed by atoms with Crippen LogP contribution in [0.3, 0.4) is 0 Å². The van der Waals surface area contributed by atoms with E-state index in [9.17, 15) is 0 Å². The molecule has 0 bridgehead atoms. The van der Waals surface area contributed by atoms with Gasteiger partial charge in [-0.25, -0.2) is 0 Å². The van der Waals surface area contributed by atoms with E-state index < -0.39 is 0 Å². The van der Waals surface area contributed by atoms with Gasteiger partial charge in [-0.05, 0) is 6.04 Å². The first kappa shape index (κ1) is 6.09. The van der Waals surface area contributed by atoms with Gasteiger partial charge in [0.1, 0.15) is 0 Å². The van der Waals surface area contributed by atoms with Crippen LogP contribution in [0.15, 0.2) is 0 Å². The molecule has 0 aromatic rings. The van der Waals surface area contributed by atoms with Crippen molar-refractivity contribution >= 4 is 16.0 Å². The summed E-state index contributed by atoms with van der Waals surface area (Å²) in [5.41, 5.74) is 0. The molecule has 0 heterocycles. The highest BCUT2D eigenvalue weighted by atomic mass is 14.9. The van der Waals surface area contributed by atoms with E-state index in [0.717, 1.165) is 0 Å². The Morgan fingerprint density at radius 1 is 1.33 bits per heavy atom. The lowest BCUT2D eigenvalue weighted by Crippen LogP contribution is -2.24. The molecule has 0 amide bonds. The maximum absolute atomic E-state index is 5.05. The van der Waals surface area contributed by atoms with Gasteiger partial charge in [-0.3, -0.25) is 0 Å². The third-order valence-electron chi connectivity index (χ3n) is 0.596. The van der Waals surface area contributed by atoms with Crippen LogP contribution in [0.1, 0.15) is 13.8 Å². The van der Waals surface area contributed by atoms with Gasteiger partial charge >= 0.3 is 0 Å². The molecule has 0 aliphatic heterocycles. The van der Waals surface area contributed by atoms with Crippen molar-refractivity contribution in [1.82, 2.24) is 4.72 Å². The maximum atomic E-state index is 5.05. The second-order valence-corrected chi connectivity index (χ2v) is 1.54. The molecule has 0 aromatic heterocycles. The highest BCUT2D eigenvalue weighted by molar-refractivity contribution is 6.25. The fourth-order valence-corrected chi connectivity index (χ4v) is 0. The van der Waals surface area contributed by atoms with Gasteiger partial charge in [-0.2, -0.15) is 0 Å². The maximum Gasteiger partial charge on any atom is 0.166 e. The zero-order valence-electron chi connectivity index (χ0n) is 4.18. The van der Waals surface area contributed by atoms with Crippen molar-refractivity contribution in [3.05, 3.63) is 0 Å². The van der Waals surface area contributed by atoms with Crippen LogP contribution in [0.5, 0.6) is 0 Å². The van der Waals surface area contributed by atoms with Crippen LogP contribution in [0.25, 0.3) is 0 Å². The molecule has 6 heavy (non-hydrogen) atoms. The fraction of sp³-hybridized carbons (Fsp3) is 1.00. The second-order valence-electron chi connectivity index (χ2n) is 1.54. The summed E-state index contributed by atoms with van der Waals surface area (Å²) in [5.74, 6) is 0. The highest BCUT2D eigenvalue weighted by Gasteiger charge is 1.89. The fourth-order valence-electron chi connectivity index (χ4n) is 0. The Hall–Kier alpha value is 0.0899. The van der Waals surface area contributed by atoms with E-state index >= 15 is 0 Å². The molecule has 30 valence electrons. The first-order valence-corrected chi connectivity index (χ1v) is 1.93. The largest absolute Gasteiger partial charge is 0.402 e. The van der Waals surface area contributed by atoms with Crippen molar-refractivity contribution in [2.75, 3.05) is 0 Å². The zero-order valence-corrected chi connectivity index (χ0v) is 4.18. The predicted molar refractivity (Wildman–Crippen MR) is 28.5 cm³/mol. The lowest BCUT2D eigenvalue weighted by molar-refractivity contribution is 0.569. The Labute approximate surface area is 41.6 Å². The van der Waals surface area contributed by atoms with Crippen LogP contribution >= 0.6 is 0 Å². The van der Waals surface area contributed by atoms with Crippen molar-refractivity contribution in [3.63, 3.8) is 0 Å². The molecule has 1 nitrogen and oxygen atoms in total. The van der Waals surface area contributed by atoms with Gasteiger partial charge in [0, 0.05) is 0 Å². The summed E-state index contributed by atoms with van der Waals surface area (Å²) in [5, 5.41) is 0. The molecule has 0 spiro atoms. The van der Waals surface area contributed by atoms with Crippen molar-refractivity contribution in [2.24, 2.45) is 0 Å². The van der Waals surface area contributed by atoms with Gasteiger partial charge in [0.05, 0.1) is 0 Å². The summed E-state index contributed by atoms with van der Waals surface area (Å²) >= 11 is 0. The Balaban J connectivity index is 2.99. The van der Waals surface area contributed by atoms with E-state index in [1.807, 2.05) is 13.8 Å². The molecule has 0 rings (SSSR count). The minimum absolute atomic E-state index is 0.241. The van der Waals surface area contributed by atoms with Gasteiger partial charge in [0.15, 0.2) is 16.0 Å². The monoisotopic (exact) mass is 79.1 g/mol. The number of hydrogen-bond donors (Lipinski definition) is 0. The molecule has 0 N–H and O–H groups in total. The van der Waals surface area contributed by atoms with Gasteiger partial charge in [0.2, 0.25) is 0 Å². The molecule has 0 aliphatic rings. The van der Waals surface area contributed by atoms with Crippen LogP contribution < -0.4 is 0 Å². The topological polar surface area (TPSA) is 3.24 Å². The predicted octanol–water partition coefficient (Wildman–Crippen LogP) is -0.136. The van der Waals surface area contributed by atoms with Crippen LogP contribution in [0.4, 0.5) is 0 Å². The van der Waals surface area contributed by atoms with E-state index in [-0.39, 0.29) is 6.04 Å². The first-order valence-electron chi connectivity index (χ1n) is 1.93. The smallest absolute Gasteiger partial charge is 0.166 e. The van der Waals surface area contributed by atoms with Crippen molar-refractivity contribution < 1.29 is 0 Å². The SMILES string of the molecule is [B]N([B])C(C)C. The Morgan fingerprint density at radius 2 is 1.50 bits per heavy atom. The van der Waals surface area contributed by atoms with Gasteiger partial charge in [-0.1, -0.05) is 13.8 Å². The minimum Gasteiger partial charge on any atom is -0.402 e. The number of hydrogen-bond acceptors (Lipinski definition) is 1. The molecule has 0 saturated heterocycles. The van der Waals surface area contributed by atoms with Crippen LogP contribution in [-0.4, -0.2) is 26.7 Å². The molecule has 0 fully saturated rings. The zero-order chi connectivity index (χ0) is 5.15. The van der Waals surface area contributed by atoms with Gasteiger partial charge in [-0.15, -0.1) is 0 Å². The van der Waals surface area contributed by atoms with Gasteiger partial charge in [0.25, 0.3) is 0 Å². The summed E-state index contributed by atoms with van der Waals surface area (Å²) in [4.78, 5) is 0. The second kappa shape index (κ2) is 2.30. The Bertz CT molecular complexity index is 29.8. The molecule has 0 aromatic carbocycles. The molecule has 0 atom stereocenters. The average Bonchev–Trinajstić information content (AvgIpc) is 1.36. The first-order chi connectivity index (χ1) is 2.64. The molecule has 3 heteroatoms. The summed E-state index contributed by atoms with van der Waals surface area (Å²) < 4.78 is 1.17. The van der Waals surface area contributed by atoms with Crippen LogP contribution in [0.2, 0.25) is 0 Å². The number of nitrogens with zero attached hydrogens (tertiary/aromatic N) is 1. The standard InChI is InChI=1S/C3H7B2N/c1-3(2)6(4)5/h3H,1-2H3. The highest BCUT2D eigenvalue weighted by Crippen LogP contribution is 1.82. The third-order valence-corrected chi connectivity index (χ3v) is 0.596. The van der Waals surface area contributed by atoms with E-state index in [1.54, 1.807) is 0 Å². The Morgan fingerprint density at radius 3 is 1.50 bits per heavy atom. The summed E-state index contributed by atoms with van der Waals surface area (Å²) in [6, 6.07) is 0.241. The van der Waals surface area contributed by atoms with E-state index in [0.29, 0.717) is 0 Å². The molecular formula is C3H7B2N. The van der Waals surface area contributed by atoms with E-state index in [2.05, 4.69) is 0 Å². The molecule has 0 unspecified atom stereocenters. The van der Waals surface area contributed by atoms with Crippen LogP contribution in [-0.2, 0) is 0 Å². The summed E-state index contributed by atoms with van der Waals surface area (Å²) in [7, 11) is 10.1. The normalized spacial score (nSPS) is 10.7. The Kier molecular flexibility index (Phi) is 2.33. The quantitative estimate of drug-likeness (QED) is 0.395. The minimum atomic E-state index is 0.241. The van der Waals surface area contributed by atoms with Crippen molar-refractivity contribution in [2.45, 2.75) is 19.9 Å². The van der Waals surface area contributed by atoms with Crippen molar-refractivity contribution in [3.8, 4) is 0 Å². The third kappa shape index (κ3) is 2.33. The summed E-state index contributed by atoms with van der Waals surface area (Å²) in [6.07, 6.45) is 0.